The molecule has 0 aliphatic heterocycles. The molecule has 0 aromatic heterocycles. The molecule has 2 rings (SSSR count). The Labute approximate surface area is 140 Å². The van der Waals surface area contributed by atoms with Crippen LogP contribution in [0.2, 0.25) is 5.02 Å². The molecule has 0 aliphatic rings. The SMILES string of the molecule is CN(CCO)c1ccc(NC(=O)COc2ccc(Cl)cc2)cc1. The number of hydrogen-bond acceptors (Lipinski definition) is 4. The average Bonchev–Trinajstić information content (AvgIpc) is 2.55. The molecule has 0 atom stereocenters. The van der Waals surface area contributed by atoms with E-state index in [0.717, 1.165) is 5.69 Å². The molecule has 2 aromatic rings. The van der Waals surface area contributed by atoms with Gasteiger partial charge in [-0.05, 0) is 48.5 Å². The predicted octanol–water partition coefficient (Wildman–Crippen LogP) is 2.79. The average molecular weight is 335 g/mol. The highest BCUT2D eigenvalue weighted by Crippen LogP contribution is 2.17. The highest BCUT2D eigenvalue weighted by Gasteiger charge is 2.05. The number of carbonyl (C=O) groups is 1. The summed E-state index contributed by atoms with van der Waals surface area (Å²) in [5.41, 5.74) is 1.66. The topological polar surface area (TPSA) is 61.8 Å². The number of nitrogens with one attached hydrogen (secondary N) is 1. The van der Waals surface area contributed by atoms with Crippen LogP contribution in [-0.2, 0) is 4.79 Å². The standard InChI is InChI=1S/C17H19ClN2O3/c1-20(10-11-21)15-6-4-14(5-7-15)19-17(22)12-23-16-8-2-13(18)3-9-16/h2-9,21H,10-12H2,1H3,(H,19,22). The second-order valence-corrected chi connectivity index (χ2v) is 5.42. The molecule has 122 valence electrons. The summed E-state index contributed by atoms with van der Waals surface area (Å²) >= 11 is 5.78. The molecule has 0 radical (unpaired) electrons. The number of benzene rings is 2. The van der Waals surface area contributed by atoms with Gasteiger partial charge in [-0.2, -0.15) is 0 Å². The van der Waals surface area contributed by atoms with Crippen molar-refractivity contribution in [1.82, 2.24) is 0 Å². The number of likely N-dealkylation sites (N-methyl/N-ethyl adjacent to an activating group) is 1. The van der Waals surface area contributed by atoms with Crippen molar-refractivity contribution in [1.29, 1.82) is 0 Å². The number of amides is 1. The van der Waals surface area contributed by atoms with Crippen LogP contribution in [0, 0.1) is 0 Å². The quantitative estimate of drug-likeness (QED) is 0.817. The van der Waals surface area contributed by atoms with Crippen molar-refractivity contribution in [3.05, 3.63) is 53.6 Å². The van der Waals surface area contributed by atoms with Crippen molar-refractivity contribution in [3.8, 4) is 5.75 Å². The molecule has 6 heteroatoms. The molecular formula is C17H19ClN2O3. The number of anilines is 2. The van der Waals surface area contributed by atoms with Crippen molar-refractivity contribution in [3.63, 3.8) is 0 Å². The van der Waals surface area contributed by atoms with Crippen molar-refractivity contribution in [2.45, 2.75) is 0 Å². The summed E-state index contributed by atoms with van der Waals surface area (Å²) in [6.45, 7) is 0.575. The second-order valence-electron chi connectivity index (χ2n) is 4.98. The van der Waals surface area contributed by atoms with Gasteiger partial charge in [-0.25, -0.2) is 0 Å². The molecule has 2 aromatic carbocycles. The van der Waals surface area contributed by atoms with Crippen LogP contribution >= 0.6 is 11.6 Å². The van der Waals surface area contributed by atoms with Crippen LogP contribution in [0.15, 0.2) is 48.5 Å². The van der Waals surface area contributed by atoms with E-state index in [1.54, 1.807) is 24.3 Å². The molecule has 0 fully saturated rings. The van der Waals surface area contributed by atoms with Gasteiger partial charge in [0, 0.05) is 30.0 Å². The first-order valence-corrected chi connectivity index (χ1v) is 7.56. The predicted molar refractivity (Wildman–Crippen MR) is 92.4 cm³/mol. The van der Waals surface area contributed by atoms with E-state index in [0.29, 0.717) is 23.0 Å². The molecule has 2 N–H and O–H groups in total. The summed E-state index contributed by atoms with van der Waals surface area (Å²) < 4.78 is 5.38. The van der Waals surface area contributed by atoms with Gasteiger partial charge in [0.1, 0.15) is 5.75 Å². The molecule has 0 saturated carbocycles. The lowest BCUT2D eigenvalue weighted by molar-refractivity contribution is -0.118. The fraction of sp³-hybridized carbons (Fsp3) is 0.235. The number of ether oxygens (including phenoxy) is 1. The van der Waals surface area contributed by atoms with E-state index in [9.17, 15) is 4.79 Å². The maximum absolute atomic E-state index is 11.9. The monoisotopic (exact) mass is 334 g/mol. The lowest BCUT2D eigenvalue weighted by Crippen LogP contribution is -2.21. The van der Waals surface area contributed by atoms with E-state index < -0.39 is 0 Å². The highest BCUT2D eigenvalue weighted by molar-refractivity contribution is 6.30. The summed E-state index contributed by atoms with van der Waals surface area (Å²) in [7, 11) is 1.89. The van der Waals surface area contributed by atoms with Crippen LogP contribution in [0.5, 0.6) is 5.75 Å². The Morgan fingerprint density at radius 3 is 2.43 bits per heavy atom. The summed E-state index contributed by atoms with van der Waals surface area (Å²) in [5, 5.41) is 12.3. The Balaban J connectivity index is 1.84. The minimum absolute atomic E-state index is 0.0756. The van der Waals surface area contributed by atoms with Gasteiger partial charge in [0.2, 0.25) is 0 Å². The molecule has 23 heavy (non-hydrogen) atoms. The van der Waals surface area contributed by atoms with Crippen molar-refractivity contribution in [2.75, 3.05) is 37.0 Å². The van der Waals surface area contributed by atoms with Gasteiger partial charge < -0.3 is 20.1 Å². The van der Waals surface area contributed by atoms with Crippen LogP contribution in [0.1, 0.15) is 0 Å². The van der Waals surface area contributed by atoms with Crippen molar-refractivity contribution >= 4 is 28.9 Å². The summed E-state index contributed by atoms with van der Waals surface area (Å²) in [5.74, 6) is 0.349. The van der Waals surface area contributed by atoms with Crippen LogP contribution in [0.4, 0.5) is 11.4 Å². The molecule has 1 amide bonds. The zero-order valence-electron chi connectivity index (χ0n) is 12.8. The maximum Gasteiger partial charge on any atom is 0.262 e. The minimum Gasteiger partial charge on any atom is -0.484 e. The van der Waals surface area contributed by atoms with Gasteiger partial charge in [0.15, 0.2) is 6.61 Å². The Hall–Kier alpha value is -2.24. The molecule has 0 aliphatic carbocycles. The smallest absolute Gasteiger partial charge is 0.262 e. The molecule has 0 saturated heterocycles. The fourth-order valence-electron chi connectivity index (χ4n) is 1.96. The lowest BCUT2D eigenvalue weighted by atomic mass is 10.2. The Kier molecular flexibility index (Phi) is 6.26. The third-order valence-electron chi connectivity index (χ3n) is 3.21. The third-order valence-corrected chi connectivity index (χ3v) is 3.46. The molecule has 0 heterocycles. The summed E-state index contributed by atoms with van der Waals surface area (Å²) in [6, 6.07) is 14.2. The second kappa shape index (κ2) is 8.41. The van der Waals surface area contributed by atoms with Gasteiger partial charge in [0.25, 0.3) is 5.91 Å². The normalized spacial score (nSPS) is 10.2. The molecule has 0 bridgehead atoms. The van der Waals surface area contributed by atoms with Gasteiger partial charge in [-0.1, -0.05) is 11.6 Å². The number of nitrogens with zero attached hydrogens (tertiary/aromatic N) is 1. The number of hydrogen-bond donors (Lipinski definition) is 2. The van der Waals surface area contributed by atoms with E-state index in [4.69, 9.17) is 21.4 Å². The fourth-order valence-corrected chi connectivity index (χ4v) is 2.08. The van der Waals surface area contributed by atoms with E-state index in [-0.39, 0.29) is 19.1 Å². The highest BCUT2D eigenvalue weighted by atomic mass is 35.5. The largest absolute Gasteiger partial charge is 0.484 e. The zero-order valence-corrected chi connectivity index (χ0v) is 13.6. The number of carbonyl (C=O) groups excluding carboxylic acids is 1. The summed E-state index contributed by atoms with van der Waals surface area (Å²) in [4.78, 5) is 13.8. The van der Waals surface area contributed by atoms with Gasteiger partial charge in [0.05, 0.1) is 6.61 Å². The third kappa shape index (κ3) is 5.47. The van der Waals surface area contributed by atoms with Crippen molar-refractivity contribution in [2.24, 2.45) is 0 Å². The summed E-state index contributed by atoms with van der Waals surface area (Å²) in [6.07, 6.45) is 0. The molecule has 0 spiro atoms. The molecule has 5 nitrogen and oxygen atoms in total. The first kappa shape index (κ1) is 17.1. The van der Waals surface area contributed by atoms with E-state index in [1.165, 1.54) is 0 Å². The molecular weight excluding hydrogens is 316 g/mol. The Morgan fingerprint density at radius 2 is 1.83 bits per heavy atom. The van der Waals surface area contributed by atoms with Crippen LogP contribution < -0.4 is 15.0 Å². The van der Waals surface area contributed by atoms with Crippen LogP contribution in [0.25, 0.3) is 0 Å². The Morgan fingerprint density at radius 1 is 1.17 bits per heavy atom. The van der Waals surface area contributed by atoms with Crippen LogP contribution in [0.3, 0.4) is 0 Å². The first-order valence-electron chi connectivity index (χ1n) is 7.19. The van der Waals surface area contributed by atoms with Gasteiger partial charge in [-0.15, -0.1) is 0 Å². The van der Waals surface area contributed by atoms with Crippen LogP contribution in [-0.4, -0.2) is 37.8 Å². The van der Waals surface area contributed by atoms with Gasteiger partial charge >= 0.3 is 0 Å². The molecule has 0 unspecified atom stereocenters. The number of rotatable bonds is 7. The van der Waals surface area contributed by atoms with E-state index in [1.807, 2.05) is 36.2 Å². The number of halogens is 1. The van der Waals surface area contributed by atoms with E-state index in [2.05, 4.69) is 5.32 Å². The Bertz CT molecular complexity index is 629. The lowest BCUT2D eigenvalue weighted by Gasteiger charge is -2.18. The maximum atomic E-state index is 11.9. The van der Waals surface area contributed by atoms with Crippen molar-refractivity contribution < 1.29 is 14.6 Å². The van der Waals surface area contributed by atoms with Gasteiger partial charge in [-0.3, -0.25) is 4.79 Å². The van der Waals surface area contributed by atoms with E-state index >= 15 is 0 Å². The minimum atomic E-state index is -0.239. The first-order chi connectivity index (χ1) is 11.1. The number of aliphatic hydroxyl groups excluding tert-OH is 1. The zero-order chi connectivity index (χ0) is 16.7. The number of aliphatic hydroxyl groups is 1.